The summed E-state index contributed by atoms with van der Waals surface area (Å²) in [7, 11) is 0. The van der Waals surface area contributed by atoms with Crippen molar-refractivity contribution in [1.29, 1.82) is 0 Å². The molecule has 4 rings (SSSR count). The lowest BCUT2D eigenvalue weighted by Gasteiger charge is -2.23. The number of H-pyrrole nitrogens is 1. The molecule has 1 aliphatic rings. The van der Waals surface area contributed by atoms with Gasteiger partial charge in [0.25, 0.3) is 0 Å². The molecule has 0 radical (unpaired) electrons. The number of likely N-dealkylation sites (tertiary alicyclic amines) is 1. The van der Waals surface area contributed by atoms with Crippen LogP contribution in [0.1, 0.15) is 24.7 Å². The maximum atomic E-state index is 13.8. The molecule has 1 atom stereocenters. The summed E-state index contributed by atoms with van der Waals surface area (Å²) in [5.41, 5.74) is 0.965. The Balaban J connectivity index is 1.53. The van der Waals surface area contributed by atoms with E-state index in [9.17, 15) is 9.18 Å². The number of hydrogen-bond donors (Lipinski definition) is 2. The van der Waals surface area contributed by atoms with Crippen LogP contribution in [-0.2, 0) is 0 Å². The summed E-state index contributed by atoms with van der Waals surface area (Å²) in [5.74, 6) is 0.689. The number of aromatic amines is 1. The number of nitrogens with one attached hydrogen (secondary N) is 2. The third kappa shape index (κ3) is 3.13. The van der Waals surface area contributed by atoms with Crippen LogP contribution in [0.15, 0.2) is 48.8 Å². The number of hydrogen-bond acceptors (Lipinski definition) is 4. The number of nitrogens with zero attached hydrogens (tertiary/aromatic N) is 4. The molecule has 1 aliphatic heterocycles. The first-order valence-corrected chi connectivity index (χ1v) is 8.37. The van der Waals surface area contributed by atoms with Crippen molar-refractivity contribution in [3.63, 3.8) is 0 Å². The van der Waals surface area contributed by atoms with Gasteiger partial charge in [-0.15, -0.1) is 0 Å². The smallest absolute Gasteiger partial charge is 0.314 e. The number of amides is 2. The number of para-hydroxylation sites is 1. The molecule has 0 saturated carbocycles. The van der Waals surface area contributed by atoms with Crippen molar-refractivity contribution >= 4 is 11.7 Å². The summed E-state index contributed by atoms with van der Waals surface area (Å²) in [4.78, 5) is 22.8. The predicted molar refractivity (Wildman–Crippen MR) is 93.7 cm³/mol. The average Bonchev–Trinajstić information content (AvgIpc) is 3.33. The average molecular weight is 352 g/mol. The Bertz CT molecular complexity index is 913. The molecule has 1 aromatic carbocycles. The zero-order valence-electron chi connectivity index (χ0n) is 13.9. The highest BCUT2D eigenvalue weighted by Crippen LogP contribution is 2.31. The molecule has 3 heterocycles. The fraction of sp³-hybridized carbons (Fsp3) is 0.222. The van der Waals surface area contributed by atoms with Gasteiger partial charge in [0.05, 0.1) is 11.7 Å². The van der Waals surface area contributed by atoms with Crippen LogP contribution in [0.25, 0.3) is 11.4 Å². The molecule has 3 aromatic rings. The largest absolute Gasteiger partial charge is 0.322 e. The van der Waals surface area contributed by atoms with Gasteiger partial charge >= 0.3 is 6.03 Å². The van der Waals surface area contributed by atoms with Crippen molar-refractivity contribution in [1.82, 2.24) is 25.1 Å². The number of urea groups is 1. The fourth-order valence-corrected chi connectivity index (χ4v) is 3.09. The van der Waals surface area contributed by atoms with E-state index < -0.39 is 5.82 Å². The van der Waals surface area contributed by atoms with Crippen LogP contribution < -0.4 is 5.32 Å². The lowest BCUT2D eigenvalue weighted by Crippen LogP contribution is -2.35. The molecule has 0 unspecified atom stereocenters. The van der Waals surface area contributed by atoms with Gasteiger partial charge in [-0.25, -0.2) is 14.2 Å². The Kier molecular flexibility index (Phi) is 4.30. The minimum atomic E-state index is -0.463. The highest BCUT2D eigenvalue weighted by molar-refractivity contribution is 5.89. The summed E-state index contributed by atoms with van der Waals surface area (Å²) in [6, 6.07) is 9.22. The van der Waals surface area contributed by atoms with Gasteiger partial charge in [-0.1, -0.05) is 12.1 Å². The predicted octanol–water partition coefficient (Wildman–Crippen LogP) is 3.37. The Morgan fingerprint density at radius 3 is 2.96 bits per heavy atom. The van der Waals surface area contributed by atoms with Crippen molar-refractivity contribution in [2.24, 2.45) is 0 Å². The Morgan fingerprint density at radius 1 is 1.27 bits per heavy atom. The molecule has 1 fully saturated rings. The number of benzene rings is 1. The Labute approximate surface area is 149 Å². The molecule has 132 valence electrons. The molecular weight excluding hydrogens is 335 g/mol. The van der Waals surface area contributed by atoms with Gasteiger partial charge in [0.15, 0.2) is 5.82 Å². The summed E-state index contributed by atoms with van der Waals surface area (Å²) in [6.45, 7) is 0.577. The molecule has 2 amide bonds. The minimum absolute atomic E-state index is 0.164. The number of anilines is 1. The first-order valence-electron chi connectivity index (χ1n) is 8.37. The number of carbonyl (C=O) groups is 1. The normalized spacial score (nSPS) is 16.7. The van der Waals surface area contributed by atoms with E-state index in [2.05, 4.69) is 25.5 Å². The lowest BCUT2D eigenvalue weighted by molar-refractivity contribution is 0.205. The molecule has 26 heavy (non-hydrogen) atoms. The lowest BCUT2D eigenvalue weighted by atomic mass is 10.2. The molecule has 8 heteroatoms. The van der Waals surface area contributed by atoms with E-state index in [1.54, 1.807) is 29.4 Å². The topological polar surface area (TPSA) is 86.8 Å². The first-order chi connectivity index (χ1) is 12.7. The molecule has 7 nitrogen and oxygen atoms in total. The third-order valence-corrected chi connectivity index (χ3v) is 4.37. The zero-order chi connectivity index (χ0) is 17.9. The number of rotatable bonds is 3. The van der Waals surface area contributed by atoms with Gasteiger partial charge in [-0.3, -0.25) is 10.1 Å². The van der Waals surface area contributed by atoms with Crippen LogP contribution in [0.4, 0.5) is 14.9 Å². The van der Waals surface area contributed by atoms with E-state index in [0.29, 0.717) is 18.2 Å². The van der Waals surface area contributed by atoms with Crippen molar-refractivity contribution in [3.05, 3.63) is 60.4 Å². The van der Waals surface area contributed by atoms with Crippen molar-refractivity contribution < 1.29 is 9.18 Å². The van der Waals surface area contributed by atoms with E-state index in [1.807, 2.05) is 12.1 Å². The van der Waals surface area contributed by atoms with Gasteiger partial charge in [0.1, 0.15) is 11.6 Å². The summed E-state index contributed by atoms with van der Waals surface area (Å²) in [5, 5.41) is 9.78. The Morgan fingerprint density at radius 2 is 2.15 bits per heavy atom. The maximum absolute atomic E-state index is 13.8. The first kappa shape index (κ1) is 16.2. The van der Waals surface area contributed by atoms with E-state index in [1.165, 1.54) is 12.1 Å². The Hall–Kier alpha value is -3.29. The molecule has 0 spiro atoms. The molecular formula is C18H17FN6O. The highest BCUT2D eigenvalue weighted by Gasteiger charge is 2.32. The number of carbonyl (C=O) groups excluding carboxylic acids is 1. The second kappa shape index (κ2) is 6.91. The molecule has 0 aliphatic carbocycles. The van der Waals surface area contributed by atoms with Crippen LogP contribution in [-0.4, -0.2) is 37.6 Å². The highest BCUT2D eigenvalue weighted by atomic mass is 19.1. The summed E-state index contributed by atoms with van der Waals surface area (Å²) in [6.07, 6.45) is 4.98. The van der Waals surface area contributed by atoms with Crippen LogP contribution in [0, 0.1) is 5.82 Å². The zero-order valence-corrected chi connectivity index (χ0v) is 13.9. The van der Waals surface area contributed by atoms with Gasteiger partial charge in [0.2, 0.25) is 0 Å². The van der Waals surface area contributed by atoms with Crippen LogP contribution in [0.5, 0.6) is 0 Å². The minimum Gasteiger partial charge on any atom is -0.314 e. The van der Waals surface area contributed by atoms with E-state index in [4.69, 9.17) is 0 Å². The fourth-order valence-electron chi connectivity index (χ4n) is 3.09. The quantitative estimate of drug-likeness (QED) is 0.756. The van der Waals surface area contributed by atoms with Crippen molar-refractivity contribution in [2.45, 2.75) is 18.9 Å². The number of pyridine rings is 1. The van der Waals surface area contributed by atoms with Crippen LogP contribution in [0.3, 0.4) is 0 Å². The van der Waals surface area contributed by atoms with Gasteiger partial charge in [-0.05, 0) is 37.1 Å². The third-order valence-electron chi connectivity index (χ3n) is 4.37. The second-order valence-electron chi connectivity index (χ2n) is 6.05. The molecule has 1 saturated heterocycles. The molecule has 2 N–H and O–H groups in total. The van der Waals surface area contributed by atoms with Crippen molar-refractivity contribution in [2.75, 3.05) is 11.9 Å². The van der Waals surface area contributed by atoms with Gasteiger partial charge in [0, 0.05) is 24.5 Å². The van der Waals surface area contributed by atoms with E-state index >= 15 is 0 Å². The SMILES string of the molecule is O=C(Nc1ccccc1F)N1CCC[C@@H]1c1nc(-c2cccnc2)n[nH]1. The van der Waals surface area contributed by atoms with Crippen LogP contribution >= 0.6 is 0 Å². The maximum Gasteiger partial charge on any atom is 0.322 e. The van der Waals surface area contributed by atoms with Gasteiger partial charge < -0.3 is 10.2 Å². The second-order valence-corrected chi connectivity index (χ2v) is 6.05. The molecule has 0 bridgehead atoms. The summed E-state index contributed by atoms with van der Waals surface area (Å²) >= 11 is 0. The number of halogens is 1. The van der Waals surface area contributed by atoms with E-state index in [0.717, 1.165) is 18.4 Å². The van der Waals surface area contributed by atoms with Gasteiger partial charge in [-0.2, -0.15) is 5.10 Å². The van der Waals surface area contributed by atoms with Crippen LogP contribution in [0.2, 0.25) is 0 Å². The standard InChI is InChI=1S/C18H17FN6O/c19-13-6-1-2-7-14(13)21-18(26)25-10-4-8-15(25)17-22-16(23-24-17)12-5-3-9-20-11-12/h1-3,5-7,9,11,15H,4,8,10H2,(H,21,26)(H,22,23,24)/t15-/m1/s1. The van der Waals surface area contributed by atoms with E-state index in [-0.39, 0.29) is 17.8 Å². The molecule has 2 aromatic heterocycles. The van der Waals surface area contributed by atoms with Crippen molar-refractivity contribution in [3.8, 4) is 11.4 Å². The monoisotopic (exact) mass is 352 g/mol. The summed E-state index contributed by atoms with van der Waals surface area (Å²) < 4.78 is 13.8. The number of aromatic nitrogens is 4.